The van der Waals surface area contributed by atoms with Gasteiger partial charge >= 0.3 is 21.1 Å². The molecule has 0 amide bonds. The summed E-state index contributed by atoms with van der Waals surface area (Å²) in [6.07, 6.45) is 3.65. The quantitative estimate of drug-likeness (QED) is 0.172. The molecular formula is C33H20N2OPtS. The largest absolute Gasteiger partial charge is 2.00 e. The van der Waals surface area contributed by atoms with Gasteiger partial charge in [0.1, 0.15) is 5.06 Å². The van der Waals surface area contributed by atoms with Gasteiger partial charge in [0.2, 0.25) is 0 Å². The van der Waals surface area contributed by atoms with Gasteiger partial charge in [-0.2, -0.15) is 29.0 Å². The number of thiophene rings is 1. The molecule has 3 aromatic carbocycles. The van der Waals surface area contributed by atoms with Gasteiger partial charge in [-0.3, -0.25) is 4.98 Å². The minimum Gasteiger partial charge on any atom is -0.487 e. The average molecular weight is 688 g/mol. The van der Waals surface area contributed by atoms with E-state index in [2.05, 4.69) is 77.8 Å². The Morgan fingerprint density at radius 3 is 2.03 bits per heavy atom. The molecule has 0 N–H and O–H groups in total. The molecule has 0 atom stereocenters. The van der Waals surface area contributed by atoms with Gasteiger partial charge in [0.05, 0.1) is 11.1 Å². The summed E-state index contributed by atoms with van der Waals surface area (Å²) in [4.78, 5) is 9.31. The number of rotatable bonds is 5. The van der Waals surface area contributed by atoms with Gasteiger partial charge in [-0.05, 0) is 46.1 Å². The fraction of sp³-hybridized carbons (Fsp3) is 0.0303. The molecule has 0 radical (unpaired) electrons. The van der Waals surface area contributed by atoms with Crippen LogP contribution in [0.4, 0.5) is 0 Å². The second kappa shape index (κ2) is 10.1. The predicted octanol–water partition coefficient (Wildman–Crippen LogP) is 7.96. The van der Waals surface area contributed by atoms with Crippen molar-refractivity contribution in [2.75, 3.05) is 0 Å². The first-order valence-electron chi connectivity index (χ1n) is 12.1. The van der Waals surface area contributed by atoms with Gasteiger partial charge in [0, 0.05) is 18.1 Å². The second-order valence-corrected chi connectivity index (χ2v) is 9.71. The zero-order valence-corrected chi connectivity index (χ0v) is 23.2. The molecule has 0 bridgehead atoms. The molecule has 1 aliphatic carbocycles. The van der Waals surface area contributed by atoms with Gasteiger partial charge in [-0.15, -0.1) is 29.1 Å². The van der Waals surface area contributed by atoms with E-state index >= 15 is 0 Å². The van der Waals surface area contributed by atoms with Gasteiger partial charge < -0.3 is 9.72 Å². The van der Waals surface area contributed by atoms with Crippen molar-refractivity contribution in [2.24, 2.45) is 0 Å². The molecule has 1 aliphatic rings. The van der Waals surface area contributed by atoms with Crippen molar-refractivity contribution in [3.05, 3.63) is 155 Å². The molecule has 0 unspecified atom stereocenters. The number of benzene rings is 3. The van der Waals surface area contributed by atoms with Crippen LogP contribution in [0.5, 0.6) is 10.8 Å². The van der Waals surface area contributed by atoms with E-state index in [1.54, 1.807) is 6.20 Å². The minimum absolute atomic E-state index is 0. The van der Waals surface area contributed by atoms with Crippen LogP contribution in [0.25, 0.3) is 22.4 Å². The zero-order chi connectivity index (χ0) is 24.7. The van der Waals surface area contributed by atoms with Crippen molar-refractivity contribution in [1.29, 1.82) is 0 Å². The summed E-state index contributed by atoms with van der Waals surface area (Å²) in [5, 5.41) is 2.69. The van der Waals surface area contributed by atoms with Crippen molar-refractivity contribution in [3.63, 3.8) is 0 Å². The average Bonchev–Trinajstić information content (AvgIpc) is 3.55. The van der Waals surface area contributed by atoms with Crippen LogP contribution in [0.2, 0.25) is 0 Å². The first-order chi connectivity index (χ1) is 18.3. The smallest absolute Gasteiger partial charge is 0.487 e. The fourth-order valence-electron chi connectivity index (χ4n) is 5.33. The number of aromatic nitrogens is 2. The summed E-state index contributed by atoms with van der Waals surface area (Å²) in [6.45, 7) is 0. The molecule has 0 saturated heterocycles. The molecule has 6 aromatic rings. The molecular weight excluding hydrogens is 668 g/mol. The van der Waals surface area contributed by atoms with Gasteiger partial charge in [0.25, 0.3) is 0 Å². The Labute approximate surface area is 240 Å². The Hall–Kier alpha value is -3.85. The Morgan fingerprint density at radius 2 is 1.34 bits per heavy atom. The van der Waals surface area contributed by atoms with Crippen molar-refractivity contribution in [1.82, 2.24) is 9.97 Å². The SMILES string of the molecule is [Pt+2].[c-]1c(Oc2[c-]c(-c3ccccn3)cs2)cccc1C1(c2ccccn2)c2ccccc2-c2ccccc21. The van der Waals surface area contributed by atoms with Crippen LogP contribution in [0.3, 0.4) is 0 Å². The number of pyridine rings is 2. The number of fused-ring (bicyclic) bond motifs is 3. The van der Waals surface area contributed by atoms with E-state index in [0.717, 1.165) is 22.5 Å². The maximum atomic E-state index is 6.30. The van der Waals surface area contributed by atoms with Gasteiger partial charge in [-0.25, -0.2) is 0 Å². The first kappa shape index (κ1) is 24.5. The van der Waals surface area contributed by atoms with Crippen LogP contribution in [0, 0.1) is 12.1 Å². The van der Waals surface area contributed by atoms with Crippen molar-refractivity contribution < 1.29 is 25.8 Å². The molecule has 3 nitrogen and oxygen atoms in total. The summed E-state index contributed by atoms with van der Waals surface area (Å²) in [6, 6.07) is 42.2. The van der Waals surface area contributed by atoms with Crippen LogP contribution in [0.15, 0.2) is 121 Å². The molecule has 184 valence electrons. The maximum absolute atomic E-state index is 6.30. The number of hydrogen-bond acceptors (Lipinski definition) is 4. The Kier molecular flexibility index (Phi) is 6.53. The molecule has 3 aromatic heterocycles. The molecule has 5 heteroatoms. The first-order valence-corrected chi connectivity index (χ1v) is 13.0. The third-order valence-electron chi connectivity index (χ3n) is 6.84. The molecule has 38 heavy (non-hydrogen) atoms. The number of hydrogen-bond donors (Lipinski definition) is 0. The zero-order valence-electron chi connectivity index (χ0n) is 20.1. The number of nitrogens with zero attached hydrogens (tertiary/aromatic N) is 2. The molecule has 7 rings (SSSR count). The standard InChI is InChI=1S/C33H20N2OS.Pt/c1-3-14-28-26(12-1)27-13-2-4-15-29(27)33(28,31-17-6-8-19-35-31)24-10-9-11-25(21-24)36-32-20-23(22-37-32)30-16-5-7-18-34-30;/h1-19,22H;/q-2;+2. The van der Waals surface area contributed by atoms with E-state index in [0.29, 0.717) is 10.8 Å². The van der Waals surface area contributed by atoms with Crippen LogP contribution in [0.1, 0.15) is 22.4 Å². The molecule has 0 saturated carbocycles. The van der Waals surface area contributed by atoms with Crippen LogP contribution >= 0.6 is 11.3 Å². The van der Waals surface area contributed by atoms with Crippen LogP contribution < -0.4 is 4.74 Å². The topological polar surface area (TPSA) is 35.0 Å². The summed E-state index contributed by atoms with van der Waals surface area (Å²) >= 11 is 1.50. The molecule has 0 spiro atoms. The van der Waals surface area contributed by atoms with E-state index in [9.17, 15) is 0 Å². The summed E-state index contributed by atoms with van der Waals surface area (Å²) in [5.74, 6) is 0.639. The van der Waals surface area contributed by atoms with E-state index in [1.807, 2.05) is 54.0 Å². The van der Waals surface area contributed by atoms with Crippen LogP contribution in [-0.2, 0) is 26.5 Å². The van der Waals surface area contributed by atoms with E-state index in [4.69, 9.17) is 9.72 Å². The Morgan fingerprint density at radius 1 is 0.658 bits per heavy atom. The third kappa shape index (κ3) is 3.92. The normalized spacial score (nSPS) is 12.7. The van der Waals surface area contributed by atoms with Crippen molar-refractivity contribution in [3.8, 4) is 33.2 Å². The monoisotopic (exact) mass is 687 g/mol. The maximum Gasteiger partial charge on any atom is 2.00 e. The van der Waals surface area contributed by atoms with Gasteiger partial charge in [0.15, 0.2) is 0 Å². The summed E-state index contributed by atoms with van der Waals surface area (Å²) in [5.41, 5.74) is 7.96. The van der Waals surface area contributed by atoms with E-state index in [1.165, 1.54) is 33.6 Å². The van der Waals surface area contributed by atoms with Crippen LogP contribution in [-0.4, -0.2) is 9.97 Å². The Bertz CT molecular complexity index is 1670. The summed E-state index contributed by atoms with van der Waals surface area (Å²) < 4.78 is 6.30. The second-order valence-electron chi connectivity index (χ2n) is 8.86. The third-order valence-corrected chi connectivity index (χ3v) is 7.59. The van der Waals surface area contributed by atoms with Crippen molar-refractivity contribution >= 4 is 11.3 Å². The summed E-state index contributed by atoms with van der Waals surface area (Å²) in [7, 11) is 0. The van der Waals surface area contributed by atoms with E-state index in [-0.39, 0.29) is 21.1 Å². The van der Waals surface area contributed by atoms with Gasteiger partial charge in [-0.1, -0.05) is 66.7 Å². The Balaban J connectivity index is 0.00000264. The number of ether oxygens (including phenoxy) is 1. The molecule has 0 fully saturated rings. The predicted molar refractivity (Wildman–Crippen MR) is 147 cm³/mol. The van der Waals surface area contributed by atoms with E-state index < -0.39 is 5.41 Å². The fourth-order valence-corrected chi connectivity index (χ4v) is 6.04. The molecule has 0 aliphatic heterocycles. The minimum atomic E-state index is -0.605. The molecule has 3 heterocycles. The van der Waals surface area contributed by atoms with Crippen molar-refractivity contribution in [2.45, 2.75) is 5.41 Å².